The molecule has 0 rings (SSSR count). The summed E-state index contributed by atoms with van der Waals surface area (Å²) in [7, 11) is 1.55. The minimum Gasteiger partial charge on any atom is -0.480 e. The van der Waals surface area contributed by atoms with Crippen molar-refractivity contribution in [1.29, 1.82) is 0 Å². The molecule has 0 aliphatic heterocycles. The fourth-order valence-corrected chi connectivity index (χ4v) is 0.433. The van der Waals surface area contributed by atoms with E-state index in [4.69, 9.17) is 15.7 Å². The first-order valence-corrected chi connectivity index (χ1v) is 3.50. The average Bonchev–Trinajstić information content (AvgIpc) is 2.03. The number of carboxylic acid groups (broad SMARTS) is 1. The zero-order chi connectivity index (χ0) is 9.40. The van der Waals surface area contributed by atoms with Gasteiger partial charge in [0.1, 0.15) is 6.04 Å². The quantitative estimate of drug-likeness (QED) is 0.327. The van der Waals surface area contributed by atoms with E-state index in [0.717, 1.165) is 0 Å². The molecule has 72 valence electrons. The van der Waals surface area contributed by atoms with Crippen molar-refractivity contribution in [1.82, 2.24) is 5.48 Å². The molecule has 0 fully saturated rings. The molecule has 0 bridgehead atoms. The van der Waals surface area contributed by atoms with Gasteiger partial charge in [0.2, 0.25) is 0 Å². The summed E-state index contributed by atoms with van der Waals surface area (Å²) in [5.41, 5.74) is 7.57. The van der Waals surface area contributed by atoms with Gasteiger partial charge in [0.25, 0.3) is 0 Å². The first-order valence-electron chi connectivity index (χ1n) is 3.50. The van der Waals surface area contributed by atoms with Crippen LogP contribution >= 0.6 is 0 Å². The molecule has 0 amide bonds. The van der Waals surface area contributed by atoms with E-state index in [1.165, 1.54) is 0 Å². The molecule has 4 N–H and O–H groups in total. The van der Waals surface area contributed by atoms with Crippen LogP contribution in [0.2, 0.25) is 0 Å². The van der Waals surface area contributed by atoms with Gasteiger partial charge in [-0.05, 0) is 0 Å². The number of hydroxylamine groups is 1. The average molecular weight is 178 g/mol. The van der Waals surface area contributed by atoms with Gasteiger partial charge in [0, 0.05) is 13.7 Å². The van der Waals surface area contributed by atoms with Gasteiger partial charge in [-0.25, -0.2) is 5.48 Å². The Morgan fingerprint density at radius 2 is 2.33 bits per heavy atom. The lowest BCUT2D eigenvalue weighted by molar-refractivity contribution is -0.139. The van der Waals surface area contributed by atoms with Crippen molar-refractivity contribution in [2.75, 3.05) is 26.9 Å². The van der Waals surface area contributed by atoms with Gasteiger partial charge >= 0.3 is 5.97 Å². The van der Waals surface area contributed by atoms with Gasteiger partial charge in [0.15, 0.2) is 0 Å². The number of hydrogen-bond donors (Lipinski definition) is 3. The molecule has 0 aromatic carbocycles. The minimum absolute atomic E-state index is 0.0824. The van der Waals surface area contributed by atoms with Crippen LogP contribution in [0.4, 0.5) is 0 Å². The maximum atomic E-state index is 10.2. The van der Waals surface area contributed by atoms with E-state index in [-0.39, 0.29) is 6.54 Å². The van der Waals surface area contributed by atoms with Crippen LogP contribution in [0.5, 0.6) is 0 Å². The summed E-state index contributed by atoms with van der Waals surface area (Å²) in [6.45, 7) is 0.900. The number of hydrogen-bond acceptors (Lipinski definition) is 5. The third-order valence-electron chi connectivity index (χ3n) is 1.11. The Labute approximate surface area is 70.6 Å². The Morgan fingerprint density at radius 1 is 1.67 bits per heavy atom. The van der Waals surface area contributed by atoms with E-state index < -0.39 is 12.0 Å². The van der Waals surface area contributed by atoms with Gasteiger partial charge in [-0.3, -0.25) is 9.63 Å². The number of aliphatic carboxylic acids is 1. The number of carboxylic acids is 1. The van der Waals surface area contributed by atoms with Crippen LogP contribution in [0.15, 0.2) is 0 Å². The lowest BCUT2D eigenvalue weighted by atomic mass is 10.3. The Hall–Kier alpha value is -0.690. The van der Waals surface area contributed by atoms with E-state index in [1.54, 1.807) is 7.11 Å². The molecule has 0 aromatic heterocycles. The lowest BCUT2D eigenvalue weighted by Crippen LogP contribution is -2.40. The number of nitrogens with two attached hydrogens (primary N) is 1. The summed E-state index contributed by atoms with van der Waals surface area (Å²) in [4.78, 5) is 15.0. The maximum absolute atomic E-state index is 10.2. The predicted molar refractivity (Wildman–Crippen MR) is 41.4 cm³/mol. The smallest absolute Gasteiger partial charge is 0.321 e. The van der Waals surface area contributed by atoms with Crippen molar-refractivity contribution in [3.05, 3.63) is 0 Å². The van der Waals surface area contributed by atoms with Crippen molar-refractivity contribution in [3.63, 3.8) is 0 Å². The summed E-state index contributed by atoms with van der Waals surface area (Å²) in [5, 5.41) is 8.34. The standard InChI is InChI=1S/C6H14N2O4/c1-11-2-3-12-8-4-5(7)6(9)10/h5,8H,2-4,7H2,1H3,(H,9,10). The van der Waals surface area contributed by atoms with E-state index in [1.807, 2.05) is 0 Å². The van der Waals surface area contributed by atoms with Gasteiger partial charge in [0.05, 0.1) is 13.2 Å². The van der Waals surface area contributed by atoms with Crippen LogP contribution in [0.1, 0.15) is 0 Å². The topological polar surface area (TPSA) is 93.8 Å². The third-order valence-corrected chi connectivity index (χ3v) is 1.11. The molecular weight excluding hydrogens is 164 g/mol. The van der Waals surface area contributed by atoms with Crippen LogP contribution in [0, 0.1) is 0 Å². The fourth-order valence-electron chi connectivity index (χ4n) is 0.433. The summed E-state index contributed by atoms with van der Waals surface area (Å²) in [5.74, 6) is -1.06. The molecule has 0 spiro atoms. The van der Waals surface area contributed by atoms with Crippen LogP contribution in [-0.2, 0) is 14.4 Å². The predicted octanol–water partition coefficient (Wildman–Crippen LogP) is -1.43. The minimum atomic E-state index is -1.06. The second kappa shape index (κ2) is 6.99. The molecule has 0 heterocycles. The van der Waals surface area contributed by atoms with E-state index >= 15 is 0 Å². The van der Waals surface area contributed by atoms with Gasteiger partial charge in [-0.2, -0.15) is 0 Å². The Balaban J connectivity index is 3.14. The summed E-state index contributed by atoms with van der Waals surface area (Å²) < 4.78 is 4.68. The van der Waals surface area contributed by atoms with Crippen LogP contribution in [0.3, 0.4) is 0 Å². The second-order valence-electron chi connectivity index (χ2n) is 2.13. The van der Waals surface area contributed by atoms with Crippen molar-refractivity contribution >= 4 is 5.97 Å². The summed E-state index contributed by atoms with van der Waals surface area (Å²) >= 11 is 0. The van der Waals surface area contributed by atoms with Crippen molar-refractivity contribution < 1.29 is 19.5 Å². The SMILES string of the molecule is COCCONCC(N)C(=O)O. The Bertz CT molecular complexity index is 131. The highest BCUT2D eigenvalue weighted by Crippen LogP contribution is 1.76. The highest BCUT2D eigenvalue weighted by atomic mass is 16.7. The molecule has 0 aliphatic carbocycles. The molecule has 6 nitrogen and oxygen atoms in total. The van der Waals surface area contributed by atoms with Gasteiger partial charge in [-0.15, -0.1) is 0 Å². The number of carbonyl (C=O) groups is 1. The largest absolute Gasteiger partial charge is 0.480 e. The highest BCUT2D eigenvalue weighted by Gasteiger charge is 2.09. The summed E-state index contributed by atoms with van der Waals surface area (Å²) in [6, 6.07) is -0.937. The monoisotopic (exact) mass is 178 g/mol. The molecule has 6 heteroatoms. The molecule has 0 aliphatic rings. The molecule has 0 saturated heterocycles. The highest BCUT2D eigenvalue weighted by molar-refractivity contribution is 5.73. The fraction of sp³-hybridized carbons (Fsp3) is 0.833. The zero-order valence-corrected chi connectivity index (χ0v) is 6.95. The lowest BCUT2D eigenvalue weighted by Gasteiger charge is -2.07. The number of ether oxygens (including phenoxy) is 1. The molecule has 1 atom stereocenters. The maximum Gasteiger partial charge on any atom is 0.321 e. The Kier molecular flexibility index (Phi) is 6.58. The van der Waals surface area contributed by atoms with Crippen molar-refractivity contribution in [2.45, 2.75) is 6.04 Å². The first-order chi connectivity index (χ1) is 5.68. The first kappa shape index (κ1) is 11.3. The Morgan fingerprint density at radius 3 is 2.83 bits per heavy atom. The van der Waals surface area contributed by atoms with Gasteiger partial charge in [-0.1, -0.05) is 0 Å². The molecule has 0 aromatic rings. The number of rotatable bonds is 7. The van der Waals surface area contributed by atoms with E-state index in [0.29, 0.717) is 13.2 Å². The van der Waals surface area contributed by atoms with E-state index in [2.05, 4.69) is 10.2 Å². The summed E-state index contributed by atoms with van der Waals surface area (Å²) in [6.07, 6.45) is 0. The van der Waals surface area contributed by atoms with Crippen LogP contribution < -0.4 is 11.2 Å². The molecule has 0 radical (unpaired) electrons. The van der Waals surface area contributed by atoms with Crippen LogP contribution in [-0.4, -0.2) is 44.0 Å². The molecule has 1 unspecified atom stereocenters. The normalized spacial score (nSPS) is 12.8. The van der Waals surface area contributed by atoms with Crippen LogP contribution in [0.25, 0.3) is 0 Å². The zero-order valence-electron chi connectivity index (χ0n) is 6.95. The number of methoxy groups -OCH3 is 1. The van der Waals surface area contributed by atoms with Crippen molar-refractivity contribution in [2.24, 2.45) is 5.73 Å². The van der Waals surface area contributed by atoms with Crippen molar-refractivity contribution in [3.8, 4) is 0 Å². The third kappa shape index (κ3) is 6.05. The molecular formula is C6H14N2O4. The van der Waals surface area contributed by atoms with E-state index in [9.17, 15) is 4.79 Å². The molecule has 12 heavy (non-hydrogen) atoms. The number of nitrogens with one attached hydrogen (secondary N) is 1. The molecule has 0 saturated carbocycles. The van der Waals surface area contributed by atoms with Gasteiger partial charge < -0.3 is 15.6 Å². The second-order valence-corrected chi connectivity index (χ2v) is 2.13.